The third-order valence-electron chi connectivity index (χ3n) is 3.98. The van der Waals surface area contributed by atoms with E-state index in [9.17, 15) is 8.78 Å². The Morgan fingerprint density at radius 1 is 1.05 bits per heavy atom. The molecule has 0 saturated carbocycles. The van der Waals surface area contributed by atoms with Crippen LogP contribution in [0, 0.1) is 11.6 Å². The zero-order chi connectivity index (χ0) is 14.4. The first kappa shape index (κ1) is 15.2. The van der Waals surface area contributed by atoms with Gasteiger partial charge in [0.1, 0.15) is 11.6 Å². The molecule has 0 radical (unpaired) electrons. The van der Waals surface area contributed by atoms with Crippen molar-refractivity contribution in [1.29, 1.82) is 0 Å². The maximum atomic E-state index is 13.3. The number of hydrogen-bond acceptors (Lipinski definition) is 1. The lowest BCUT2D eigenvalue weighted by Crippen LogP contribution is -2.30. The predicted molar refractivity (Wildman–Crippen MR) is 78.7 cm³/mol. The number of nitrogens with one attached hydrogen (secondary N) is 1. The minimum absolute atomic E-state index is 0.175. The molecule has 3 heteroatoms. The molecule has 1 aromatic rings. The van der Waals surface area contributed by atoms with Crippen molar-refractivity contribution in [1.82, 2.24) is 5.32 Å². The molecule has 1 N–H and O–H groups in total. The Kier molecular flexibility index (Phi) is 5.72. The fraction of sp³-hybridized carbons (Fsp3) is 0.529. The van der Waals surface area contributed by atoms with Crippen LogP contribution in [0.5, 0.6) is 0 Å². The summed E-state index contributed by atoms with van der Waals surface area (Å²) in [5.41, 5.74) is 2.10. The highest BCUT2D eigenvalue weighted by molar-refractivity contribution is 5.23. The van der Waals surface area contributed by atoms with Crippen LogP contribution >= 0.6 is 0 Å². The highest BCUT2D eigenvalue weighted by atomic mass is 19.1. The summed E-state index contributed by atoms with van der Waals surface area (Å²) in [6.07, 6.45) is 10.2. The highest BCUT2D eigenvalue weighted by Crippen LogP contribution is 2.22. The lowest BCUT2D eigenvalue weighted by atomic mass is 9.91. The molecular formula is C17H23F2N. The number of likely N-dealkylation sites (N-methyl/N-ethyl adjacent to an activating group) is 1. The fourth-order valence-electron chi connectivity index (χ4n) is 2.92. The summed E-state index contributed by atoms with van der Waals surface area (Å²) in [6, 6.07) is 3.95. The molecule has 0 aromatic heterocycles. The number of hydrogen-bond donors (Lipinski definition) is 1. The average Bonchev–Trinajstić information content (AvgIpc) is 2.35. The molecule has 0 spiro atoms. The molecule has 1 aliphatic rings. The smallest absolute Gasteiger partial charge is 0.126 e. The van der Waals surface area contributed by atoms with Crippen molar-refractivity contribution < 1.29 is 8.78 Å². The van der Waals surface area contributed by atoms with Crippen molar-refractivity contribution in [2.75, 3.05) is 7.05 Å². The van der Waals surface area contributed by atoms with Gasteiger partial charge in [0, 0.05) is 12.1 Å². The van der Waals surface area contributed by atoms with E-state index in [2.05, 4.69) is 11.4 Å². The fourth-order valence-corrected chi connectivity index (χ4v) is 2.92. The van der Waals surface area contributed by atoms with Gasteiger partial charge in [0.2, 0.25) is 0 Å². The standard InChI is InChI=1S/C17H23F2N/c1-20-17(14-7-5-3-2-4-6-8-14)11-13-9-15(18)12-16(19)10-13/h7,9-10,12,17,20H,2-6,8,11H2,1H3/b14-7+. The van der Waals surface area contributed by atoms with E-state index in [1.807, 2.05) is 7.05 Å². The summed E-state index contributed by atoms with van der Waals surface area (Å²) in [6.45, 7) is 0. The maximum Gasteiger partial charge on any atom is 0.126 e. The van der Waals surface area contributed by atoms with E-state index in [1.54, 1.807) is 0 Å². The molecule has 0 aliphatic heterocycles. The van der Waals surface area contributed by atoms with Crippen molar-refractivity contribution in [3.63, 3.8) is 0 Å². The van der Waals surface area contributed by atoms with Crippen LogP contribution in [-0.2, 0) is 6.42 Å². The van der Waals surface area contributed by atoms with E-state index in [4.69, 9.17) is 0 Å². The predicted octanol–water partition coefficient (Wildman–Crippen LogP) is 4.38. The summed E-state index contributed by atoms with van der Waals surface area (Å²) in [5.74, 6) is -0.997. The van der Waals surface area contributed by atoms with Crippen molar-refractivity contribution >= 4 is 0 Å². The Morgan fingerprint density at radius 2 is 1.75 bits per heavy atom. The second kappa shape index (κ2) is 7.53. The number of halogens is 2. The van der Waals surface area contributed by atoms with E-state index >= 15 is 0 Å². The van der Waals surface area contributed by atoms with Crippen LogP contribution in [-0.4, -0.2) is 13.1 Å². The van der Waals surface area contributed by atoms with Gasteiger partial charge in [-0.15, -0.1) is 0 Å². The first-order valence-electron chi connectivity index (χ1n) is 7.50. The minimum Gasteiger partial charge on any atom is -0.313 e. The summed E-state index contributed by atoms with van der Waals surface area (Å²) >= 11 is 0. The molecule has 1 nitrogen and oxygen atoms in total. The van der Waals surface area contributed by atoms with Gasteiger partial charge in [-0.3, -0.25) is 0 Å². The van der Waals surface area contributed by atoms with Gasteiger partial charge in [-0.05, 0) is 56.8 Å². The van der Waals surface area contributed by atoms with Gasteiger partial charge in [0.15, 0.2) is 0 Å². The summed E-state index contributed by atoms with van der Waals surface area (Å²) in [7, 11) is 1.92. The second-order valence-electron chi connectivity index (χ2n) is 5.56. The van der Waals surface area contributed by atoms with Crippen LogP contribution < -0.4 is 5.32 Å². The molecule has 1 atom stereocenters. The van der Waals surface area contributed by atoms with Crippen molar-refractivity contribution in [3.05, 3.63) is 47.0 Å². The Bertz CT molecular complexity index is 448. The minimum atomic E-state index is -0.499. The normalized spacial score (nSPS) is 20.6. The van der Waals surface area contributed by atoms with Crippen molar-refractivity contribution in [2.45, 2.75) is 51.0 Å². The first-order chi connectivity index (χ1) is 9.69. The van der Waals surface area contributed by atoms with E-state index in [1.165, 1.54) is 43.4 Å². The molecular weight excluding hydrogens is 256 g/mol. The molecule has 20 heavy (non-hydrogen) atoms. The SMILES string of the molecule is CNC(Cc1cc(F)cc(F)c1)/C1=C/CCCCCC1. The third-order valence-corrected chi connectivity index (χ3v) is 3.98. The summed E-state index contributed by atoms with van der Waals surface area (Å²) in [4.78, 5) is 0. The molecule has 110 valence electrons. The maximum absolute atomic E-state index is 13.3. The molecule has 0 heterocycles. The molecule has 0 fully saturated rings. The van der Waals surface area contributed by atoms with E-state index < -0.39 is 11.6 Å². The number of benzene rings is 1. The van der Waals surface area contributed by atoms with Crippen molar-refractivity contribution in [2.24, 2.45) is 0 Å². The molecule has 1 aliphatic carbocycles. The number of rotatable bonds is 4. The Morgan fingerprint density at radius 3 is 2.45 bits per heavy atom. The van der Waals surface area contributed by atoms with Crippen LogP contribution in [0.4, 0.5) is 8.78 Å². The second-order valence-corrected chi connectivity index (χ2v) is 5.56. The summed E-state index contributed by atoms with van der Waals surface area (Å²) < 4.78 is 26.5. The molecule has 1 aromatic carbocycles. The summed E-state index contributed by atoms with van der Waals surface area (Å²) in [5, 5.41) is 3.29. The Hall–Kier alpha value is -1.22. The topological polar surface area (TPSA) is 12.0 Å². The van der Waals surface area contributed by atoms with Crippen LogP contribution in [0.1, 0.15) is 44.1 Å². The van der Waals surface area contributed by atoms with E-state index in [0.717, 1.165) is 18.9 Å². The van der Waals surface area contributed by atoms with Gasteiger partial charge in [0.25, 0.3) is 0 Å². The van der Waals surface area contributed by atoms with Crippen LogP contribution in [0.3, 0.4) is 0 Å². The Labute approximate surface area is 120 Å². The van der Waals surface area contributed by atoms with Crippen molar-refractivity contribution in [3.8, 4) is 0 Å². The lowest BCUT2D eigenvalue weighted by molar-refractivity contribution is 0.549. The van der Waals surface area contributed by atoms with Gasteiger partial charge in [-0.1, -0.05) is 24.5 Å². The monoisotopic (exact) mass is 279 g/mol. The lowest BCUT2D eigenvalue weighted by Gasteiger charge is -2.22. The van der Waals surface area contributed by atoms with Crippen LogP contribution in [0.25, 0.3) is 0 Å². The molecule has 0 saturated heterocycles. The zero-order valence-corrected chi connectivity index (χ0v) is 12.1. The first-order valence-corrected chi connectivity index (χ1v) is 7.50. The van der Waals surface area contributed by atoms with Crippen LogP contribution in [0.15, 0.2) is 29.8 Å². The highest BCUT2D eigenvalue weighted by Gasteiger charge is 2.15. The van der Waals surface area contributed by atoms with Crippen LogP contribution in [0.2, 0.25) is 0 Å². The zero-order valence-electron chi connectivity index (χ0n) is 12.1. The van der Waals surface area contributed by atoms with Gasteiger partial charge in [-0.25, -0.2) is 8.78 Å². The van der Waals surface area contributed by atoms with Gasteiger partial charge >= 0.3 is 0 Å². The molecule has 0 bridgehead atoms. The molecule has 2 rings (SSSR count). The largest absolute Gasteiger partial charge is 0.313 e. The Balaban J connectivity index is 2.10. The third kappa shape index (κ3) is 4.41. The number of allylic oxidation sites excluding steroid dienone is 1. The van der Waals surface area contributed by atoms with Gasteiger partial charge in [-0.2, -0.15) is 0 Å². The van der Waals surface area contributed by atoms with Gasteiger partial charge in [0.05, 0.1) is 0 Å². The molecule has 0 amide bonds. The van der Waals surface area contributed by atoms with E-state index in [0.29, 0.717) is 12.0 Å². The average molecular weight is 279 g/mol. The quantitative estimate of drug-likeness (QED) is 0.807. The van der Waals surface area contributed by atoms with E-state index in [-0.39, 0.29) is 6.04 Å². The molecule has 1 unspecified atom stereocenters. The van der Waals surface area contributed by atoms with Gasteiger partial charge < -0.3 is 5.32 Å².